The number of anilines is 1. The molecule has 0 fully saturated rings. The van der Waals surface area contributed by atoms with E-state index in [1.165, 1.54) is 0 Å². The van der Waals surface area contributed by atoms with E-state index in [1.54, 1.807) is 0 Å². The number of rotatable bonds is 4. The second-order valence-corrected chi connectivity index (χ2v) is 4.10. The fourth-order valence-electron chi connectivity index (χ4n) is 1.28. The van der Waals surface area contributed by atoms with Gasteiger partial charge in [0.1, 0.15) is 0 Å². The second kappa shape index (κ2) is 5.47. The van der Waals surface area contributed by atoms with Crippen LogP contribution in [0.25, 0.3) is 0 Å². The zero-order valence-electron chi connectivity index (χ0n) is 9.04. The van der Waals surface area contributed by atoms with Gasteiger partial charge in [0.15, 0.2) is 0 Å². The maximum atomic E-state index is 5.70. The first kappa shape index (κ1) is 12.5. The van der Waals surface area contributed by atoms with Crippen molar-refractivity contribution in [2.45, 2.75) is 32.7 Å². The van der Waals surface area contributed by atoms with Crippen LogP contribution in [0.15, 0.2) is 0 Å². The van der Waals surface area contributed by atoms with E-state index in [9.17, 15) is 0 Å². The van der Waals surface area contributed by atoms with E-state index in [4.69, 9.17) is 23.2 Å². The predicted molar refractivity (Wildman–Crippen MR) is 62.6 cm³/mol. The van der Waals surface area contributed by atoms with Crippen molar-refractivity contribution in [2.24, 2.45) is 0 Å². The predicted octanol–water partition coefficient (Wildman–Crippen LogP) is 2.80. The van der Waals surface area contributed by atoms with Crippen LogP contribution in [0, 0.1) is 0 Å². The fraction of sp³-hybridized carbons (Fsp3) is 0.667. The molecule has 1 unspecified atom stereocenters. The van der Waals surface area contributed by atoms with E-state index in [1.807, 2.05) is 11.9 Å². The van der Waals surface area contributed by atoms with Crippen LogP contribution in [0.2, 0.25) is 10.6 Å². The summed E-state index contributed by atoms with van der Waals surface area (Å²) in [6.45, 7) is 4.24. The average Bonchev–Trinajstić information content (AvgIpc) is 2.15. The highest BCUT2D eigenvalue weighted by Gasteiger charge is 2.13. The van der Waals surface area contributed by atoms with Crippen LogP contribution in [0.4, 0.5) is 5.95 Å². The minimum absolute atomic E-state index is 0.126. The van der Waals surface area contributed by atoms with Crippen molar-refractivity contribution in [2.75, 3.05) is 11.9 Å². The van der Waals surface area contributed by atoms with Crippen LogP contribution in [0.1, 0.15) is 26.7 Å². The highest BCUT2D eigenvalue weighted by molar-refractivity contribution is 6.31. The van der Waals surface area contributed by atoms with Gasteiger partial charge in [-0.25, -0.2) is 0 Å². The van der Waals surface area contributed by atoms with E-state index in [0.717, 1.165) is 12.8 Å². The number of hydrogen-bond donors (Lipinski definition) is 0. The summed E-state index contributed by atoms with van der Waals surface area (Å²) in [4.78, 5) is 13.7. The molecule has 0 saturated heterocycles. The van der Waals surface area contributed by atoms with Gasteiger partial charge in [0.25, 0.3) is 0 Å². The Morgan fingerprint density at radius 1 is 1.20 bits per heavy atom. The Kier molecular flexibility index (Phi) is 4.54. The van der Waals surface area contributed by atoms with Crippen molar-refractivity contribution in [3.63, 3.8) is 0 Å². The van der Waals surface area contributed by atoms with E-state index in [-0.39, 0.29) is 10.6 Å². The van der Waals surface area contributed by atoms with Crippen LogP contribution in [0.5, 0.6) is 0 Å². The maximum Gasteiger partial charge on any atom is 0.230 e. The molecule has 0 aromatic carbocycles. The van der Waals surface area contributed by atoms with Crippen molar-refractivity contribution >= 4 is 29.2 Å². The van der Waals surface area contributed by atoms with E-state index < -0.39 is 0 Å². The molecule has 1 aromatic rings. The first-order valence-corrected chi connectivity index (χ1v) is 5.60. The Hall–Kier alpha value is -0.610. The van der Waals surface area contributed by atoms with Crippen LogP contribution in [-0.4, -0.2) is 28.0 Å². The molecule has 84 valence electrons. The Morgan fingerprint density at radius 2 is 1.73 bits per heavy atom. The van der Waals surface area contributed by atoms with Crippen LogP contribution < -0.4 is 4.90 Å². The molecule has 1 heterocycles. The van der Waals surface area contributed by atoms with E-state index >= 15 is 0 Å². The van der Waals surface area contributed by atoms with Gasteiger partial charge >= 0.3 is 0 Å². The SMILES string of the molecule is CCCC(C)N(C)c1nc(Cl)nc(Cl)n1. The third kappa shape index (κ3) is 3.47. The Morgan fingerprint density at radius 3 is 2.20 bits per heavy atom. The lowest BCUT2D eigenvalue weighted by Crippen LogP contribution is -2.30. The molecule has 6 heteroatoms. The summed E-state index contributed by atoms with van der Waals surface area (Å²) >= 11 is 11.4. The number of hydrogen-bond acceptors (Lipinski definition) is 4. The van der Waals surface area contributed by atoms with Crippen LogP contribution in [-0.2, 0) is 0 Å². The summed E-state index contributed by atoms with van der Waals surface area (Å²) in [6, 6.07) is 0.351. The van der Waals surface area contributed by atoms with E-state index in [0.29, 0.717) is 12.0 Å². The zero-order valence-corrected chi connectivity index (χ0v) is 10.5. The van der Waals surface area contributed by atoms with Crippen LogP contribution in [0.3, 0.4) is 0 Å². The van der Waals surface area contributed by atoms with Gasteiger partial charge in [-0.05, 0) is 36.5 Å². The van der Waals surface area contributed by atoms with E-state index in [2.05, 4.69) is 28.8 Å². The Balaban J connectivity index is 2.85. The van der Waals surface area contributed by atoms with Gasteiger partial charge in [0, 0.05) is 13.1 Å². The molecular formula is C9H14Cl2N4. The molecule has 0 N–H and O–H groups in total. The lowest BCUT2D eigenvalue weighted by Gasteiger charge is -2.24. The first-order valence-electron chi connectivity index (χ1n) is 4.84. The molecule has 0 bridgehead atoms. The first-order chi connectivity index (χ1) is 7.04. The standard InChI is InChI=1S/C9H14Cl2N4/c1-4-5-6(2)15(3)9-13-7(10)12-8(11)14-9/h6H,4-5H2,1-3H3. The zero-order chi connectivity index (χ0) is 11.4. The quantitative estimate of drug-likeness (QED) is 0.822. The molecular weight excluding hydrogens is 235 g/mol. The molecule has 0 amide bonds. The third-order valence-electron chi connectivity index (χ3n) is 2.25. The van der Waals surface area contributed by atoms with Gasteiger partial charge < -0.3 is 4.90 Å². The molecule has 15 heavy (non-hydrogen) atoms. The Bertz CT molecular complexity index is 312. The molecule has 1 aromatic heterocycles. The molecule has 0 saturated carbocycles. The number of nitrogens with zero attached hydrogens (tertiary/aromatic N) is 4. The molecule has 1 atom stereocenters. The van der Waals surface area contributed by atoms with Gasteiger partial charge in [-0.2, -0.15) is 15.0 Å². The van der Waals surface area contributed by atoms with Gasteiger partial charge in [-0.15, -0.1) is 0 Å². The molecule has 4 nitrogen and oxygen atoms in total. The van der Waals surface area contributed by atoms with Gasteiger partial charge in [-0.1, -0.05) is 13.3 Å². The monoisotopic (exact) mass is 248 g/mol. The summed E-state index contributed by atoms with van der Waals surface area (Å²) in [6.07, 6.45) is 2.18. The molecule has 1 rings (SSSR count). The Labute approximate surface area is 99.6 Å². The maximum absolute atomic E-state index is 5.70. The average molecular weight is 249 g/mol. The molecule has 0 radical (unpaired) electrons. The van der Waals surface area contributed by atoms with Crippen LogP contribution >= 0.6 is 23.2 Å². The lowest BCUT2D eigenvalue weighted by atomic mass is 10.2. The highest BCUT2D eigenvalue weighted by atomic mass is 35.5. The molecule has 0 aliphatic heterocycles. The summed E-state index contributed by atoms with van der Waals surface area (Å²) in [5.41, 5.74) is 0. The fourth-order valence-corrected chi connectivity index (χ4v) is 1.64. The summed E-state index contributed by atoms with van der Waals surface area (Å²) in [7, 11) is 1.92. The second-order valence-electron chi connectivity index (χ2n) is 3.42. The highest BCUT2D eigenvalue weighted by Crippen LogP contribution is 2.16. The van der Waals surface area contributed by atoms with Crippen molar-refractivity contribution in [1.82, 2.24) is 15.0 Å². The number of halogens is 2. The number of aromatic nitrogens is 3. The minimum atomic E-state index is 0.126. The van der Waals surface area contributed by atoms with Crippen molar-refractivity contribution in [3.8, 4) is 0 Å². The summed E-state index contributed by atoms with van der Waals surface area (Å²) in [5.74, 6) is 0.515. The van der Waals surface area contributed by atoms with Gasteiger partial charge in [0.05, 0.1) is 0 Å². The molecule has 0 aliphatic rings. The topological polar surface area (TPSA) is 41.9 Å². The summed E-state index contributed by atoms with van der Waals surface area (Å²) in [5, 5.41) is 0.251. The van der Waals surface area contributed by atoms with Crippen molar-refractivity contribution in [1.29, 1.82) is 0 Å². The van der Waals surface area contributed by atoms with Gasteiger partial charge in [-0.3, -0.25) is 0 Å². The lowest BCUT2D eigenvalue weighted by molar-refractivity contribution is 0.604. The van der Waals surface area contributed by atoms with Crippen molar-refractivity contribution in [3.05, 3.63) is 10.6 Å². The summed E-state index contributed by atoms with van der Waals surface area (Å²) < 4.78 is 0. The smallest absolute Gasteiger partial charge is 0.230 e. The molecule has 0 spiro atoms. The third-order valence-corrected chi connectivity index (χ3v) is 2.59. The van der Waals surface area contributed by atoms with Gasteiger partial charge in [0.2, 0.25) is 16.5 Å². The van der Waals surface area contributed by atoms with Crippen molar-refractivity contribution < 1.29 is 0 Å². The largest absolute Gasteiger partial charge is 0.341 e. The minimum Gasteiger partial charge on any atom is -0.341 e. The normalized spacial score (nSPS) is 12.6. The molecule has 0 aliphatic carbocycles.